The molecule has 1 amide bonds. The molecule has 6 nitrogen and oxygen atoms in total. The molecule has 4 rings (SSSR count). The Hall–Kier alpha value is -4.06. The van der Waals surface area contributed by atoms with Crippen LogP contribution in [0.5, 0.6) is 11.5 Å². The first kappa shape index (κ1) is 21.2. The number of rotatable bonds is 5. The smallest absolute Gasteiger partial charge is 0.300 e. The molecule has 1 unspecified atom stereocenters. The van der Waals surface area contributed by atoms with Crippen molar-refractivity contribution in [3.05, 3.63) is 95.1 Å². The molecule has 1 atom stereocenters. The molecule has 1 heterocycles. The molecule has 1 N–H and O–H groups in total. The maximum absolute atomic E-state index is 13.2. The highest BCUT2D eigenvalue weighted by Gasteiger charge is 2.47. The zero-order chi connectivity index (χ0) is 22.8. The summed E-state index contributed by atoms with van der Waals surface area (Å²) in [4.78, 5) is 27.8. The number of aryl methyl sites for hydroxylation is 1. The summed E-state index contributed by atoms with van der Waals surface area (Å²) in [5, 5.41) is 11.3. The van der Waals surface area contributed by atoms with Crippen LogP contribution in [0.3, 0.4) is 0 Å². The number of aliphatic hydroxyl groups excluding tert-OH is 1. The van der Waals surface area contributed by atoms with Gasteiger partial charge in [-0.2, -0.15) is 0 Å². The number of hydrogen-bond donors (Lipinski definition) is 1. The SMILES string of the molecule is COc1ccc(N2C(=O)C(=O)/C(=C(\O)c3ccc(OC)cc3C)C2c2ccccc2)cc1. The summed E-state index contributed by atoms with van der Waals surface area (Å²) < 4.78 is 10.5. The Kier molecular flexibility index (Phi) is 5.69. The van der Waals surface area contributed by atoms with E-state index in [1.165, 1.54) is 4.90 Å². The van der Waals surface area contributed by atoms with Gasteiger partial charge in [-0.25, -0.2) is 0 Å². The van der Waals surface area contributed by atoms with Gasteiger partial charge in [0.15, 0.2) is 0 Å². The molecule has 0 radical (unpaired) electrons. The van der Waals surface area contributed by atoms with Crippen LogP contribution in [0.25, 0.3) is 5.76 Å². The van der Waals surface area contributed by atoms with Crippen molar-refractivity contribution in [2.45, 2.75) is 13.0 Å². The maximum Gasteiger partial charge on any atom is 0.300 e. The number of nitrogens with zero attached hydrogens (tertiary/aromatic N) is 1. The number of Topliss-reactive ketones (excluding diaryl/α,β-unsaturated/α-hetero) is 1. The Labute approximate surface area is 186 Å². The normalized spacial score (nSPS) is 17.5. The Bertz CT molecular complexity index is 1200. The maximum atomic E-state index is 13.2. The number of carbonyl (C=O) groups excluding carboxylic acids is 2. The molecular weight excluding hydrogens is 406 g/mol. The van der Waals surface area contributed by atoms with E-state index in [0.717, 1.165) is 11.1 Å². The highest BCUT2D eigenvalue weighted by Crippen LogP contribution is 2.42. The molecule has 0 saturated carbocycles. The van der Waals surface area contributed by atoms with Crippen LogP contribution < -0.4 is 14.4 Å². The number of amides is 1. The first-order valence-corrected chi connectivity index (χ1v) is 10.1. The van der Waals surface area contributed by atoms with Gasteiger partial charge in [0.1, 0.15) is 17.3 Å². The van der Waals surface area contributed by atoms with Crippen LogP contribution in [-0.2, 0) is 9.59 Å². The molecule has 3 aromatic carbocycles. The quantitative estimate of drug-likeness (QED) is 0.363. The van der Waals surface area contributed by atoms with Gasteiger partial charge in [0, 0.05) is 11.3 Å². The van der Waals surface area contributed by atoms with Crippen LogP contribution in [0.2, 0.25) is 0 Å². The lowest BCUT2D eigenvalue weighted by Gasteiger charge is -2.25. The summed E-state index contributed by atoms with van der Waals surface area (Å²) in [6.45, 7) is 1.81. The molecule has 0 aromatic heterocycles. The zero-order valence-electron chi connectivity index (χ0n) is 18.0. The van der Waals surface area contributed by atoms with E-state index in [9.17, 15) is 14.7 Å². The molecule has 1 aliphatic heterocycles. The van der Waals surface area contributed by atoms with Crippen LogP contribution in [0.4, 0.5) is 5.69 Å². The summed E-state index contributed by atoms with van der Waals surface area (Å²) in [6.07, 6.45) is 0. The highest BCUT2D eigenvalue weighted by molar-refractivity contribution is 6.51. The third-order valence-electron chi connectivity index (χ3n) is 5.60. The lowest BCUT2D eigenvalue weighted by molar-refractivity contribution is -0.132. The van der Waals surface area contributed by atoms with Crippen molar-refractivity contribution in [3.8, 4) is 11.5 Å². The second kappa shape index (κ2) is 8.59. The number of anilines is 1. The van der Waals surface area contributed by atoms with Gasteiger partial charge in [-0.1, -0.05) is 30.3 Å². The van der Waals surface area contributed by atoms with Crippen molar-refractivity contribution < 1.29 is 24.2 Å². The Morgan fingerprint density at radius 3 is 2.09 bits per heavy atom. The van der Waals surface area contributed by atoms with Gasteiger partial charge in [0.25, 0.3) is 11.7 Å². The van der Waals surface area contributed by atoms with E-state index < -0.39 is 17.7 Å². The summed E-state index contributed by atoms with van der Waals surface area (Å²) in [5.41, 5.74) is 2.50. The number of hydrogen-bond acceptors (Lipinski definition) is 5. The van der Waals surface area contributed by atoms with Crippen molar-refractivity contribution in [3.63, 3.8) is 0 Å². The van der Waals surface area contributed by atoms with Crippen molar-refractivity contribution >= 4 is 23.1 Å². The number of methoxy groups -OCH3 is 2. The molecule has 162 valence electrons. The van der Waals surface area contributed by atoms with Gasteiger partial charge in [0.05, 0.1) is 25.8 Å². The van der Waals surface area contributed by atoms with Crippen LogP contribution in [0.1, 0.15) is 22.7 Å². The van der Waals surface area contributed by atoms with E-state index in [1.807, 2.05) is 37.3 Å². The molecule has 1 fully saturated rings. The second-order valence-electron chi connectivity index (χ2n) is 7.46. The number of benzene rings is 3. The minimum absolute atomic E-state index is 0.0466. The van der Waals surface area contributed by atoms with Crippen LogP contribution in [0.15, 0.2) is 78.4 Å². The van der Waals surface area contributed by atoms with Gasteiger partial charge < -0.3 is 14.6 Å². The van der Waals surface area contributed by atoms with E-state index in [2.05, 4.69) is 0 Å². The molecule has 1 saturated heterocycles. The number of ketones is 1. The van der Waals surface area contributed by atoms with Crippen molar-refractivity contribution in [2.75, 3.05) is 19.1 Å². The van der Waals surface area contributed by atoms with Crippen LogP contribution in [0, 0.1) is 6.92 Å². The van der Waals surface area contributed by atoms with E-state index in [-0.39, 0.29) is 11.3 Å². The fourth-order valence-corrected chi connectivity index (χ4v) is 3.97. The van der Waals surface area contributed by atoms with E-state index >= 15 is 0 Å². The van der Waals surface area contributed by atoms with Crippen molar-refractivity contribution in [1.82, 2.24) is 0 Å². The molecule has 1 aliphatic rings. The average Bonchev–Trinajstić information content (AvgIpc) is 3.09. The molecule has 0 bridgehead atoms. The molecule has 3 aromatic rings. The predicted octanol–water partition coefficient (Wildman–Crippen LogP) is 4.64. The monoisotopic (exact) mass is 429 g/mol. The van der Waals surface area contributed by atoms with E-state index in [1.54, 1.807) is 56.7 Å². The number of aliphatic hydroxyl groups is 1. The van der Waals surface area contributed by atoms with Crippen molar-refractivity contribution in [2.24, 2.45) is 0 Å². The predicted molar refractivity (Wildman–Crippen MR) is 122 cm³/mol. The third-order valence-corrected chi connectivity index (χ3v) is 5.60. The molecule has 6 heteroatoms. The summed E-state index contributed by atoms with van der Waals surface area (Å²) in [6, 6.07) is 20.5. The average molecular weight is 429 g/mol. The fraction of sp³-hybridized carbons (Fsp3) is 0.154. The number of ether oxygens (including phenoxy) is 2. The van der Waals surface area contributed by atoms with Gasteiger partial charge in [-0.3, -0.25) is 14.5 Å². The second-order valence-corrected chi connectivity index (χ2v) is 7.46. The Balaban J connectivity index is 1.91. The summed E-state index contributed by atoms with van der Waals surface area (Å²) >= 11 is 0. The minimum atomic E-state index is -0.772. The Morgan fingerprint density at radius 1 is 0.875 bits per heavy atom. The van der Waals surface area contributed by atoms with Crippen LogP contribution >= 0.6 is 0 Å². The number of carbonyl (C=O) groups is 2. The minimum Gasteiger partial charge on any atom is -0.507 e. The van der Waals surface area contributed by atoms with E-state index in [0.29, 0.717) is 22.7 Å². The zero-order valence-corrected chi connectivity index (χ0v) is 18.0. The topological polar surface area (TPSA) is 76.1 Å². The summed E-state index contributed by atoms with van der Waals surface area (Å²) in [5.74, 6) is -0.375. The van der Waals surface area contributed by atoms with Gasteiger partial charge in [-0.15, -0.1) is 0 Å². The molecule has 32 heavy (non-hydrogen) atoms. The van der Waals surface area contributed by atoms with Gasteiger partial charge in [-0.05, 0) is 60.5 Å². The van der Waals surface area contributed by atoms with Crippen molar-refractivity contribution in [1.29, 1.82) is 0 Å². The largest absolute Gasteiger partial charge is 0.507 e. The summed E-state index contributed by atoms with van der Waals surface area (Å²) in [7, 11) is 3.12. The third kappa shape index (κ3) is 3.60. The first-order valence-electron chi connectivity index (χ1n) is 10.1. The lowest BCUT2D eigenvalue weighted by Crippen LogP contribution is -2.29. The molecule has 0 spiro atoms. The molecular formula is C26H23NO5. The van der Waals surface area contributed by atoms with E-state index in [4.69, 9.17) is 9.47 Å². The highest BCUT2D eigenvalue weighted by atomic mass is 16.5. The molecule has 0 aliphatic carbocycles. The standard InChI is InChI=1S/C26H23NO5/c1-16-15-20(32-3)13-14-21(16)24(28)22-23(17-7-5-4-6-8-17)27(26(30)25(22)29)18-9-11-19(31-2)12-10-18/h4-15,23,28H,1-3H3/b24-22-. The Morgan fingerprint density at radius 2 is 1.50 bits per heavy atom. The van der Waals surface area contributed by atoms with Gasteiger partial charge in [0.2, 0.25) is 0 Å². The lowest BCUT2D eigenvalue weighted by atomic mass is 9.94. The fourth-order valence-electron chi connectivity index (χ4n) is 3.97. The first-order chi connectivity index (χ1) is 15.5. The van der Waals surface area contributed by atoms with Gasteiger partial charge >= 0.3 is 0 Å². The van der Waals surface area contributed by atoms with Crippen LogP contribution in [-0.4, -0.2) is 31.0 Å².